The van der Waals surface area contributed by atoms with Crippen LogP contribution in [0.5, 0.6) is 0 Å². The van der Waals surface area contributed by atoms with Gasteiger partial charge in [0.1, 0.15) is 11.6 Å². The maximum absolute atomic E-state index is 13.7. The Morgan fingerprint density at radius 1 is 1.10 bits per heavy atom. The second kappa shape index (κ2) is 11.4. The fraction of sp³-hybridized carbons (Fsp3) is 0.593. The molecular weight excluding hydrogens is 527 g/mol. The minimum Gasteiger partial charge on any atom is -0.381 e. The number of carbonyl (C=O) groups is 1. The van der Waals surface area contributed by atoms with Gasteiger partial charge in [-0.3, -0.25) is 4.79 Å². The molecule has 3 aromatic rings. The van der Waals surface area contributed by atoms with Crippen LogP contribution in [-0.4, -0.2) is 83.0 Å². The number of nitrogens with zero attached hydrogens (tertiary/aromatic N) is 5. The zero-order chi connectivity index (χ0) is 27.7. The first-order valence-electron chi connectivity index (χ1n) is 13.5. The molecule has 0 radical (unpaired) electrons. The molecule has 2 atom stereocenters. The number of nitrogens with one attached hydrogen (secondary N) is 2. The van der Waals surface area contributed by atoms with Gasteiger partial charge in [-0.25, -0.2) is 0 Å². The zero-order valence-electron chi connectivity index (χ0n) is 22.6. The molecule has 0 saturated carbocycles. The summed E-state index contributed by atoms with van der Waals surface area (Å²) in [6, 6.07) is 7.47. The van der Waals surface area contributed by atoms with Crippen molar-refractivity contribution in [3.05, 3.63) is 29.3 Å². The van der Waals surface area contributed by atoms with Crippen LogP contribution in [-0.2, 0) is 17.9 Å². The number of rotatable bonds is 7. The molecule has 4 heterocycles. The van der Waals surface area contributed by atoms with Gasteiger partial charge >= 0.3 is 6.18 Å². The highest BCUT2D eigenvalue weighted by molar-refractivity contribution is 7.14. The van der Waals surface area contributed by atoms with Crippen LogP contribution in [0.4, 0.5) is 18.9 Å². The molecule has 0 bridgehead atoms. The predicted octanol–water partition coefficient (Wildman–Crippen LogP) is 4.43. The Balaban J connectivity index is 1.39. The highest BCUT2D eigenvalue weighted by Crippen LogP contribution is 2.37. The van der Waals surface area contributed by atoms with E-state index in [2.05, 4.69) is 44.6 Å². The van der Waals surface area contributed by atoms with E-state index < -0.39 is 12.7 Å². The quantitative estimate of drug-likeness (QED) is 0.443. The highest BCUT2D eigenvalue weighted by Gasteiger charge is 2.32. The number of halogens is 3. The van der Waals surface area contributed by atoms with Crippen molar-refractivity contribution in [3.8, 4) is 10.7 Å². The largest absolute Gasteiger partial charge is 0.406 e. The number of amides is 1. The monoisotopic (exact) mass is 563 g/mol. The van der Waals surface area contributed by atoms with Gasteiger partial charge in [0.2, 0.25) is 5.91 Å². The minimum absolute atomic E-state index is 0.00936. The molecule has 12 heteroatoms. The molecule has 5 rings (SSSR count). The first-order chi connectivity index (χ1) is 18.6. The van der Waals surface area contributed by atoms with Gasteiger partial charge in [0.05, 0.1) is 17.8 Å². The number of likely N-dealkylation sites (tertiary alicyclic amines) is 2. The standard InChI is InChI=1S/C27H36F3N7OS/c1-17-15-36(3)12-9-20(17)32-21-5-4-6-22-19(21)13-23(37(22)16-27(28,29)30)26-34-33-24(39-26)14-31-25(38)18-7-10-35(2)11-8-18/h4-6,13,17-18,20,32H,7-12,14-16H2,1-3H3,(H,31,38)/t17-,20+/m0/s1. The Kier molecular flexibility index (Phi) is 8.16. The number of anilines is 1. The molecular formula is C27H36F3N7OS. The smallest absolute Gasteiger partial charge is 0.381 e. The lowest BCUT2D eigenvalue weighted by Gasteiger charge is -2.36. The van der Waals surface area contributed by atoms with E-state index in [1.54, 1.807) is 18.2 Å². The molecule has 2 aliphatic rings. The highest BCUT2D eigenvalue weighted by atomic mass is 32.1. The number of hydrogen-bond acceptors (Lipinski definition) is 7. The fourth-order valence-electron chi connectivity index (χ4n) is 5.71. The fourth-order valence-corrected chi connectivity index (χ4v) is 6.52. The molecule has 2 aliphatic heterocycles. The van der Waals surface area contributed by atoms with E-state index >= 15 is 0 Å². The average Bonchev–Trinajstić information content (AvgIpc) is 3.49. The van der Waals surface area contributed by atoms with Gasteiger partial charge < -0.3 is 25.0 Å². The van der Waals surface area contributed by atoms with E-state index in [4.69, 9.17) is 0 Å². The van der Waals surface area contributed by atoms with Crippen molar-refractivity contribution in [1.82, 2.24) is 29.9 Å². The predicted molar refractivity (Wildman–Crippen MR) is 148 cm³/mol. The van der Waals surface area contributed by atoms with Crippen LogP contribution < -0.4 is 10.6 Å². The SMILES string of the molecule is C[C@H]1CN(C)CC[C@H]1Nc1cccc2c1cc(-c1nnc(CNC(=O)C3CCN(C)CC3)s1)n2CC(F)(F)F. The average molecular weight is 564 g/mol. The van der Waals surface area contributed by atoms with Crippen LogP contribution in [0, 0.1) is 11.8 Å². The van der Waals surface area contributed by atoms with Gasteiger partial charge in [0.25, 0.3) is 0 Å². The number of fused-ring (bicyclic) bond motifs is 1. The summed E-state index contributed by atoms with van der Waals surface area (Å²) in [5.74, 6) is 0.372. The van der Waals surface area contributed by atoms with Gasteiger partial charge in [-0.2, -0.15) is 13.2 Å². The first-order valence-corrected chi connectivity index (χ1v) is 14.3. The molecule has 2 N–H and O–H groups in total. The third kappa shape index (κ3) is 6.55. The lowest BCUT2D eigenvalue weighted by Crippen LogP contribution is -2.43. The summed E-state index contributed by atoms with van der Waals surface area (Å²) >= 11 is 1.21. The number of aromatic nitrogens is 3. The molecule has 1 aromatic carbocycles. The van der Waals surface area contributed by atoms with Crippen LogP contribution in [0.3, 0.4) is 0 Å². The van der Waals surface area contributed by atoms with Crippen LogP contribution >= 0.6 is 11.3 Å². The van der Waals surface area contributed by atoms with Crippen molar-refractivity contribution in [2.24, 2.45) is 11.8 Å². The van der Waals surface area contributed by atoms with E-state index in [0.29, 0.717) is 27.1 Å². The van der Waals surface area contributed by atoms with E-state index in [1.165, 1.54) is 15.9 Å². The third-order valence-electron chi connectivity index (χ3n) is 7.92. The molecule has 39 heavy (non-hydrogen) atoms. The summed E-state index contributed by atoms with van der Waals surface area (Å²) in [4.78, 5) is 17.1. The van der Waals surface area contributed by atoms with Crippen LogP contribution in [0.1, 0.15) is 31.2 Å². The summed E-state index contributed by atoms with van der Waals surface area (Å²) in [6.45, 7) is 5.00. The van der Waals surface area contributed by atoms with Crippen LogP contribution in [0.15, 0.2) is 24.3 Å². The second-order valence-corrected chi connectivity index (χ2v) is 12.1. The lowest BCUT2D eigenvalue weighted by atomic mass is 9.94. The molecule has 1 amide bonds. The molecule has 2 aromatic heterocycles. The Hall–Kier alpha value is -2.70. The minimum atomic E-state index is -4.40. The van der Waals surface area contributed by atoms with E-state index in [1.807, 2.05) is 13.1 Å². The Labute approximate surface area is 230 Å². The Morgan fingerprint density at radius 2 is 1.85 bits per heavy atom. The van der Waals surface area contributed by atoms with Crippen LogP contribution in [0.25, 0.3) is 21.6 Å². The van der Waals surface area contributed by atoms with E-state index in [0.717, 1.165) is 56.5 Å². The zero-order valence-corrected chi connectivity index (χ0v) is 23.4. The number of piperidine rings is 2. The molecule has 0 unspecified atom stereocenters. The van der Waals surface area contributed by atoms with Crippen LogP contribution in [0.2, 0.25) is 0 Å². The van der Waals surface area contributed by atoms with Crippen molar-refractivity contribution in [2.45, 2.75) is 51.5 Å². The number of carbonyl (C=O) groups excluding carboxylic acids is 1. The van der Waals surface area contributed by atoms with E-state index in [9.17, 15) is 18.0 Å². The van der Waals surface area contributed by atoms with Crippen molar-refractivity contribution < 1.29 is 18.0 Å². The molecule has 2 saturated heterocycles. The lowest BCUT2D eigenvalue weighted by molar-refractivity contribution is -0.139. The molecule has 0 aliphatic carbocycles. The third-order valence-corrected chi connectivity index (χ3v) is 8.87. The Bertz CT molecular complexity index is 1300. The first kappa shape index (κ1) is 27.9. The summed E-state index contributed by atoms with van der Waals surface area (Å²) in [5, 5.41) is 16.7. The number of hydrogen-bond donors (Lipinski definition) is 2. The normalized spacial score (nSPS) is 21.9. The van der Waals surface area contributed by atoms with Gasteiger partial charge in [0, 0.05) is 29.6 Å². The maximum atomic E-state index is 13.7. The summed E-state index contributed by atoms with van der Waals surface area (Å²) < 4.78 is 42.4. The maximum Gasteiger partial charge on any atom is 0.406 e. The summed E-state index contributed by atoms with van der Waals surface area (Å²) in [7, 11) is 4.15. The van der Waals surface area contributed by atoms with Gasteiger partial charge in [0.15, 0.2) is 5.01 Å². The topological polar surface area (TPSA) is 78.3 Å². The van der Waals surface area contributed by atoms with Crippen molar-refractivity contribution in [3.63, 3.8) is 0 Å². The van der Waals surface area contributed by atoms with Gasteiger partial charge in [-0.1, -0.05) is 24.3 Å². The molecule has 0 spiro atoms. The van der Waals surface area contributed by atoms with Crippen molar-refractivity contribution in [1.29, 1.82) is 0 Å². The van der Waals surface area contributed by atoms with Crippen molar-refractivity contribution >= 4 is 33.8 Å². The van der Waals surface area contributed by atoms with Crippen molar-refractivity contribution in [2.75, 3.05) is 45.6 Å². The van der Waals surface area contributed by atoms with Gasteiger partial charge in [-0.05, 0) is 77.1 Å². The molecule has 8 nitrogen and oxygen atoms in total. The molecule has 2 fully saturated rings. The molecule has 212 valence electrons. The van der Waals surface area contributed by atoms with Gasteiger partial charge in [-0.15, -0.1) is 10.2 Å². The second-order valence-electron chi connectivity index (χ2n) is 11.0. The number of benzene rings is 1. The Morgan fingerprint density at radius 3 is 2.56 bits per heavy atom. The van der Waals surface area contributed by atoms with E-state index in [-0.39, 0.29) is 24.4 Å². The summed E-state index contributed by atoms with van der Waals surface area (Å²) in [6.07, 6.45) is -1.81. The number of alkyl halides is 3. The summed E-state index contributed by atoms with van der Waals surface area (Å²) in [5.41, 5.74) is 1.70.